The van der Waals surface area contributed by atoms with Gasteiger partial charge in [-0.05, 0) is 124 Å². The van der Waals surface area contributed by atoms with Crippen LogP contribution in [0.4, 0.5) is 57.0 Å². The quantitative estimate of drug-likeness (QED) is 0.114. The van der Waals surface area contributed by atoms with Crippen LogP contribution in [0.1, 0.15) is 95.3 Å². The standard InChI is InChI=1S/C76H64N5.Pt/c1-50(2)56-45-66(51(3)4)75(67(46-56)52(5)6)57-43-60(78-49-79(72-36-22-21-35-71(72)78)76-68(54-25-11-8-12-26-54)41-53(7)42-69(76)55-27-13-9-14-28-55)47-61(44-57)80(58-29-15-10-16-30-58)59-38-39-65-63-32-18-17-31-62(63)64-33-19-20-34-70(64)81(73(65)48-59)74-37-23-24-40-77-74;/h8-46,49-52H,1-7H3;/q-3;/i8D,9D,11D,12D,13D,14D,25D,26D,27D,28D;. The van der Waals surface area contributed by atoms with Crippen molar-refractivity contribution < 1.29 is 34.8 Å². The van der Waals surface area contributed by atoms with E-state index in [0.717, 1.165) is 56.3 Å². The summed E-state index contributed by atoms with van der Waals surface area (Å²) < 4.78 is 90.6. The molecule has 0 aliphatic carbocycles. The molecule has 0 spiro atoms. The Kier molecular flexibility index (Phi) is 11.9. The first-order chi connectivity index (χ1) is 43.7. The minimum absolute atomic E-state index is 0. The van der Waals surface area contributed by atoms with Crippen LogP contribution in [0.3, 0.4) is 0 Å². The maximum atomic E-state index is 9.42. The molecule has 3 heterocycles. The summed E-state index contributed by atoms with van der Waals surface area (Å²) in [7, 11) is 0. The Morgan fingerprint density at radius 2 is 1.05 bits per heavy atom. The van der Waals surface area contributed by atoms with Crippen molar-refractivity contribution >= 4 is 57.0 Å². The van der Waals surface area contributed by atoms with Gasteiger partial charge in [-0.15, -0.1) is 53.8 Å². The van der Waals surface area contributed by atoms with Crippen molar-refractivity contribution in [2.24, 2.45) is 0 Å². The number of aryl methyl sites for hydroxylation is 1. The molecule has 1 aromatic heterocycles. The van der Waals surface area contributed by atoms with E-state index < -0.39 is 60.4 Å². The second-order valence-corrected chi connectivity index (χ2v) is 21.6. The monoisotopic (exact) mass is 1250 g/mol. The van der Waals surface area contributed by atoms with Crippen molar-refractivity contribution in [3.8, 4) is 55.6 Å². The summed E-state index contributed by atoms with van der Waals surface area (Å²) in [6, 6.07) is 60.3. The molecule has 11 aromatic rings. The van der Waals surface area contributed by atoms with Gasteiger partial charge in [0.25, 0.3) is 0 Å². The molecule has 0 radical (unpaired) electrons. The second kappa shape index (κ2) is 22.6. The number of fused-ring (bicyclic) bond motifs is 6. The number of hydrogen-bond donors (Lipinski definition) is 0. The van der Waals surface area contributed by atoms with Gasteiger partial charge in [0, 0.05) is 66.7 Å². The van der Waals surface area contributed by atoms with Crippen molar-refractivity contribution in [2.45, 2.75) is 66.2 Å². The minimum Gasteiger partial charge on any atom is -0.493 e. The molecule has 0 saturated heterocycles. The van der Waals surface area contributed by atoms with E-state index in [0.29, 0.717) is 34.0 Å². The van der Waals surface area contributed by atoms with Crippen LogP contribution in [0.5, 0.6) is 0 Å². The van der Waals surface area contributed by atoms with Crippen LogP contribution in [0.25, 0.3) is 55.6 Å². The van der Waals surface area contributed by atoms with Gasteiger partial charge >= 0.3 is 0 Å². The molecule has 0 saturated carbocycles. The zero-order valence-electron chi connectivity index (χ0n) is 56.6. The molecule has 82 heavy (non-hydrogen) atoms. The Morgan fingerprint density at radius 3 is 1.65 bits per heavy atom. The van der Waals surface area contributed by atoms with Gasteiger partial charge in [-0.1, -0.05) is 216 Å². The van der Waals surface area contributed by atoms with E-state index in [1.54, 1.807) is 19.1 Å². The zero-order chi connectivity index (χ0) is 64.0. The molecule has 6 heteroatoms. The maximum Gasteiger partial charge on any atom is 0.135 e. The summed E-state index contributed by atoms with van der Waals surface area (Å²) in [4.78, 5) is 13.2. The third-order valence-corrected chi connectivity index (χ3v) is 15.3. The maximum absolute atomic E-state index is 9.42. The van der Waals surface area contributed by atoms with Crippen molar-refractivity contribution in [3.05, 3.63) is 278 Å². The zero-order valence-corrected chi connectivity index (χ0v) is 48.9. The molecule has 0 unspecified atom stereocenters. The fourth-order valence-corrected chi connectivity index (χ4v) is 11.6. The molecule has 406 valence electrons. The third kappa shape index (κ3) is 9.81. The Hall–Kier alpha value is -8.76. The number of hydrogen-bond acceptors (Lipinski definition) is 5. The summed E-state index contributed by atoms with van der Waals surface area (Å²) in [5, 5.41) is 0. The van der Waals surface area contributed by atoms with Gasteiger partial charge in [0.2, 0.25) is 0 Å². The minimum atomic E-state index is -0.566. The van der Waals surface area contributed by atoms with Gasteiger partial charge < -0.3 is 19.6 Å². The van der Waals surface area contributed by atoms with E-state index in [1.807, 2.05) is 83.3 Å². The topological polar surface area (TPSA) is 25.9 Å². The van der Waals surface area contributed by atoms with Gasteiger partial charge in [0.15, 0.2) is 0 Å². The summed E-state index contributed by atoms with van der Waals surface area (Å²) in [6.45, 7) is 17.0. The molecule has 0 atom stereocenters. The van der Waals surface area contributed by atoms with Crippen LogP contribution < -0.4 is 19.6 Å². The van der Waals surface area contributed by atoms with Crippen LogP contribution in [0.15, 0.2) is 236 Å². The molecular formula is C76H64N5Pt-3. The largest absolute Gasteiger partial charge is 0.493 e. The Balaban J connectivity index is 0.00000816. The molecule has 0 amide bonds. The van der Waals surface area contributed by atoms with E-state index in [9.17, 15) is 5.48 Å². The van der Waals surface area contributed by atoms with Gasteiger partial charge in [0.1, 0.15) is 5.82 Å². The molecule has 5 nitrogen and oxygen atoms in total. The average Bonchev–Trinajstić information content (AvgIpc) is 0.820. The average molecular weight is 1250 g/mol. The summed E-state index contributed by atoms with van der Waals surface area (Å²) in [5.74, 6) is 1.18. The number of anilines is 10. The van der Waals surface area contributed by atoms with Crippen molar-refractivity contribution in [1.29, 1.82) is 0 Å². The normalized spacial score (nSPS) is 14.1. The predicted molar refractivity (Wildman–Crippen MR) is 340 cm³/mol. The first-order valence-corrected chi connectivity index (χ1v) is 27.6. The smallest absolute Gasteiger partial charge is 0.135 e. The van der Waals surface area contributed by atoms with E-state index in [4.69, 9.17) is 13.2 Å². The second-order valence-electron chi connectivity index (χ2n) is 21.6. The van der Waals surface area contributed by atoms with Crippen LogP contribution in [-0.2, 0) is 21.1 Å². The van der Waals surface area contributed by atoms with Gasteiger partial charge in [-0.3, -0.25) is 0 Å². The molecular weight excluding hydrogens is 1180 g/mol. The van der Waals surface area contributed by atoms with E-state index in [-0.39, 0.29) is 66.8 Å². The van der Waals surface area contributed by atoms with Crippen LogP contribution in [-0.4, -0.2) is 4.98 Å². The predicted octanol–water partition coefficient (Wildman–Crippen LogP) is 21.4. The first-order valence-electron chi connectivity index (χ1n) is 32.6. The molecule has 0 fully saturated rings. The summed E-state index contributed by atoms with van der Waals surface area (Å²) >= 11 is 0. The van der Waals surface area contributed by atoms with E-state index >= 15 is 0 Å². The third-order valence-electron chi connectivity index (χ3n) is 15.3. The van der Waals surface area contributed by atoms with Crippen molar-refractivity contribution in [3.63, 3.8) is 0 Å². The number of aromatic nitrogens is 1. The van der Waals surface area contributed by atoms with Crippen LogP contribution >= 0.6 is 0 Å². The molecule has 2 aliphatic heterocycles. The fraction of sp³-hybridized carbons (Fsp3) is 0.132. The summed E-state index contributed by atoms with van der Waals surface area (Å²) in [5.41, 5.74) is 16.5. The number of rotatable bonds is 12. The number of benzene rings is 10. The molecule has 10 aromatic carbocycles. The number of nitrogens with zero attached hydrogens (tertiary/aromatic N) is 5. The number of pyridine rings is 1. The molecule has 2 aliphatic rings. The van der Waals surface area contributed by atoms with Gasteiger partial charge in [-0.25, -0.2) is 4.98 Å². The van der Waals surface area contributed by atoms with Crippen LogP contribution in [0, 0.1) is 25.7 Å². The molecule has 13 rings (SSSR count). The van der Waals surface area contributed by atoms with Crippen molar-refractivity contribution in [1.82, 2.24) is 4.98 Å². The van der Waals surface area contributed by atoms with Gasteiger partial charge in [-0.2, -0.15) is 6.07 Å². The number of para-hydroxylation sites is 4. The van der Waals surface area contributed by atoms with Crippen LogP contribution in [0.2, 0.25) is 0 Å². The first kappa shape index (κ1) is 43.0. The van der Waals surface area contributed by atoms with E-state index in [1.165, 1.54) is 16.7 Å². The molecule has 0 N–H and O–H groups in total. The van der Waals surface area contributed by atoms with Crippen molar-refractivity contribution in [2.75, 3.05) is 19.6 Å². The van der Waals surface area contributed by atoms with E-state index in [2.05, 4.69) is 161 Å². The Bertz CT molecular complexity index is 4550. The fourth-order valence-electron chi connectivity index (χ4n) is 11.6. The Morgan fingerprint density at radius 1 is 0.488 bits per heavy atom. The van der Waals surface area contributed by atoms with Gasteiger partial charge in [0.05, 0.1) is 19.4 Å². The molecule has 0 bridgehead atoms. The summed E-state index contributed by atoms with van der Waals surface area (Å²) in [6.07, 6.45) is 1.81. The SMILES string of the molecule is [2H]c1c([2H])c([2H])c(-c2cc(C)cc(-c3c([2H])c([2H])c([2H])c([2H])c3[2H])c2N2[CH-]N(c3[c-]c(N(c4[c-]c5c(cc4)-c4ccccc4-c4ccccc4N5c4ccccn4)c4ccccc4)cc(-c4c(C(C)C)cc(C(C)C)cc4C(C)C)c3)c3ccccc32)c([2H])c1[2H].[Pt]. The Labute approximate surface area is 513 Å².